The zero-order chi connectivity index (χ0) is 11.4. The third-order valence-corrected chi connectivity index (χ3v) is 2.86. The van der Waals surface area contributed by atoms with Crippen LogP contribution in [0.25, 0.3) is 0 Å². The molecule has 0 saturated carbocycles. The van der Waals surface area contributed by atoms with E-state index in [-0.39, 0.29) is 0 Å². The Bertz CT molecular complexity index is 355. The number of aromatic nitrogens is 2. The molecule has 0 aromatic carbocycles. The summed E-state index contributed by atoms with van der Waals surface area (Å²) in [6.45, 7) is 1.91. The van der Waals surface area contributed by atoms with E-state index in [0.717, 1.165) is 13.1 Å². The maximum absolute atomic E-state index is 5.98. The van der Waals surface area contributed by atoms with E-state index in [9.17, 15) is 0 Å². The zero-order valence-electron chi connectivity index (χ0n) is 9.16. The van der Waals surface area contributed by atoms with E-state index in [1.165, 1.54) is 26.1 Å². The fourth-order valence-electron chi connectivity index (χ4n) is 1.72. The highest BCUT2D eigenvalue weighted by Crippen LogP contribution is 2.20. The number of halogens is 1. The molecule has 16 heavy (non-hydrogen) atoms. The lowest BCUT2D eigenvalue weighted by atomic mass is 10.2. The molecule has 0 aliphatic carbocycles. The summed E-state index contributed by atoms with van der Waals surface area (Å²) in [6, 6.07) is 0.823. The van der Waals surface area contributed by atoms with Gasteiger partial charge in [0.2, 0.25) is 0 Å². The van der Waals surface area contributed by atoms with Crippen molar-refractivity contribution in [3.05, 3.63) is 11.2 Å². The quantitative estimate of drug-likeness (QED) is 0.834. The number of hydrogen-bond donors (Lipinski definition) is 2. The average molecular weight is 243 g/mol. The van der Waals surface area contributed by atoms with Gasteiger partial charge in [-0.1, -0.05) is 11.6 Å². The number of nitrogens with zero attached hydrogens (tertiary/aromatic N) is 2. The molecule has 2 rings (SSSR count). The maximum Gasteiger partial charge on any atom is 0.318 e. The molecule has 1 fully saturated rings. The second-order valence-electron chi connectivity index (χ2n) is 3.73. The van der Waals surface area contributed by atoms with Crippen molar-refractivity contribution in [1.82, 2.24) is 15.3 Å². The van der Waals surface area contributed by atoms with E-state index in [1.54, 1.807) is 0 Å². The topological polar surface area (TPSA) is 59.1 Å². The van der Waals surface area contributed by atoms with Crippen LogP contribution in [0.15, 0.2) is 6.20 Å². The Labute approximate surface area is 99.6 Å². The van der Waals surface area contributed by atoms with Gasteiger partial charge in [0.05, 0.1) is 13.3 Å². The molecular weight excluding hydrogens is 228 g/mol. The molecule has 1 saturated heterocycles. The summed E-state index contributed by atoms with van der Waals surface area (Å²) in [4.78, 5) is 8.06. The lowest BCUT2D eigenvalue weighted by Crippen LogP contribution is -2.29. The first-order chi connectivity index (χ1) is 7.79. The smallest absolute Gasteiger partial charge is 0.318 e. The van der Waals surface area contributed by atoms with Gasteiger partial charge in [0, 0.05) is 12.6 Å². The molecular formula is C10H15ClN4O. The Morgan fingerprint density at radius 3 is 3.25 bits per heavy atom. The van der Waals surface area contributed by atoms with Crippen molar-refractivity contribution < 1.29 is 4.74 Å². The molecule has 1 aliphatic rings. The van der Waals surface area contributed by atoms with Crippen LogP contribution in [0.3, 0.4) is 0 Å². The SMILES string of the molecule is COc1ncc(Cl)c(NCC2CCCN2)n1. The van der Waals surface area contributed by atoms with Crippen LogP contribution in [0.1, 0.15) is 12.8 Å². The Morgan fingerprint density at radius 1 is 1.69 bits per heavy atom. The van der Waals surface area contributed by atoms with Gasteiger partial charge >= 0.3 is 6.01 Å². The van der Waals surface area contributed by atoms with Crippen molar-refractivity contribution in [3.8, 4) is 6.01 Å². The van der Waals surface area contributed by atoms with E-state index < -0.39 is 0 Å². The molecule has 1 unspecified atom stereocenters. The van der Waals surface area contributed by atoms with Crippen LogP contribution in [0.5, 0.6) is 6.01 Å². The van der Waals surface area contributed by atoms with Gasteiger partial charge in [-0.15, -0.1) is 0 Å². The Kier molecular flexibility index (Phi) is 3.79. The van der Waals surface area contributed by atoms with Crippen LogP contribution in [-0.4, -0.2) is 36.2 Å². The van der Waals surface area contributed by atoms with Gasteiger partial charge in [0.25, 0.3) is 0 Å². The standard InChI is InChI=1S/C10H15ClN4O/c1-16-10-14-6-8(11)9(15-10)13-5-7-3-2-4-12-7/h6-7,12H,2-5H2,1H3,(H,13,14,15). The van der Waals surface area contributed by atoms with E-state index in [1.807, 2.05) is 0 Å². The monoisotopic (exact) mass is 242 g/mol. The molecule has 2 N–H and O–H groups in total. The van der Waals surface area contributed by atoms with Crippen molar-refractivity contribution >= 4 is 17.4 Å². The van der Waals surface area contributed by atoms with E-state index >= 15 is 0 Å². The van der Waals surface area contributed by atoms with Crippen molar-refractivity contribution in [2.24, 2.45) is 0 Å². The first-order valence-corrected chi connectivity index (χ1v) is 5.71. The van der Waals surface area contributed by atoms with Crippen LogP contribution < -0.4 is 15.4 Å². The Balaban J connectivity index is 1.96. The summed E-state index contributed by atoms with van der Waals surface area (Å²) in [6.07, 6.45) is 3.96. The highest BCUT2D eigenvalue weighted by atomic mass is 35.5. The number of ether oxygens (including phenoxy) is 1. The predicted octanol–water partition coefficient (Wildman–Crippen LogP) is 1.30. The minimum absolute atomic E-state index is 0.325. The molecule has 88 valence electrons. The van der Waals surface area contributed by atoms with Crippen LogP contribution in [-0.2, 0) is 0 Å². The largest absolute Gasteiger partial charge is 0.467 e. The first kappa shape index (κ1) is 11.4. The highest BCUT2D eigenvalue weighted by molar-refractivity contribution is 6.32. The lowest BCUT2D eigenvalue weighted by Gasteiger charge is -2.12. The third kappa shape index (κ3) is 2.74. The molecule has 6 heteroatoms. The van der Waals surface area contributed by atoms with E-state index in [2.05, 4.69) is 20.6 Å². The number of anilines is 1. The molecule has 1 aromatic rings. The van der Waals surface area contributed by atoms with Crippen molar-refractivity contribution in [3.63, 3.8) is 0 Å². The number of methoxy groups -OCH3 is 1. The molecule has 1 atom stereocenters. The van der Waals surface area contributed by atoms with Crippen molar-refractivity contribution in [1.29, 1.82) is 0 Å². The van der Waals surface area contributed by atoms with Crippen molar-refractivity contribution in [2.45, 2.75) is 18.9 Å². The minimum atomic E-state index is 0.325. The highest BCUT2D eigenvalue weighted by Gasteiger charge is 2.14. The Morgan fingerprint density at radius 2 is 2.56 bits per heavy atom. The molecule has 0 bridgehead atoms. The summed E-state index contributed by atoms with van der Waals surface area (Å²) in [5.41, 5.74) is 0. The third-order valence-electron chi connectivity index (χ3n) is 2.58. The zero-order valence-corrected chi connectivity index (χ0v) is 9.92. The van der Waals surface area contributed by atoms with Crippen LogP contribution in [0.4, 0.5) is 5.82 Å². The fraction of sp³-hybridized carbons (Fsp3) is 0.600. The van der Waals surface area contributed by atoms with Crippen LogP contribution in [0.2, 0.25) is 5.02 Å². The number of hydrogen-bond acceptors (Lipinski definition) is 5. The summed E-state index contributed by atoms with van der Waals surface area (Å²) in [5, 5.41) is 7.11. The van der Waals surface area contributed by atoms with E-state index in [0.29, 0.717) is 22.9 Å². The molecule has 0 amide bonds. The second-order valence-corrected chi connectivity index (χ2v) is 4.13. The molecule has 0 spiro atoms. The number of rotatable bonds is 4. The maximum atomic E-state index is 5.98. The van der Waals surface area contributed by atoms with Crippen LogP contribution >= 0.6 is 11.6 Å². The molecule has 1 aromatic heterocycles. The second kappa shape index (κ2) is 5.32. The van der Waals surface area contributed by atoms with Gasteiger partial charge in [0.1, 0.15) is 5.02 Å². The summed E-state index contributed by atoms with van der Waals surface area (Å²) in [5.74, 6) is 0.627. The van der Waals surface area contributed by atoms with Gasteiger partial charge < -0.3 is 15.4 Å². The molecule has 1 aliphatic heterocycles. The lowest BCUT2D eigenvalue weighted by molar-refractivity contribution is 0.380. The normalized spacial score (nSPS) is 19.8. The van der Waals surface area contributed by atoms with Gasteiger partial charge in [-0.3, -0.25) is 0 Å². The molecule has 0 radical (unpaired) electrons. The molecule has 2 heterocycles. The Hall–Kier alpha value is -1.07. The summed E-state index contributed by atoms with van der Waals surface area (Å²) in [7, 11) is 1.53. The average Bonchev–Trinajstić information content (AvgIpc) is 2.81. The molecule has 5 nitrogen and oxygen atoms in total. The first-order valence-electron chi connectivity index (χ1n) is 5.33. The van der Waals surface area contributed by atoms with Gasteiger partial charge in [-0.2, -0.15) is 4.98 Å². The van der Waals surface area contributed by atoms with Crippen LogP contribution in [0, 0.1) is 0 Å². The van der Waals surface area contributed by atoms with Gasteiger partial charge in [-0.05, 0) is 19.4 Å². The van der Waals surface area contributed by atoms with E-state index in [4.69, 9.17) is 16.3 Å². The van der Waals surface area contributed by atoms with Crippen molar-refractivity contribution in [2.75, 3.05) is 25.5 Å². The minimum Gasteiger partial charge on any atom is -0.467 e. The predicted molar refractivity (Wildman–Crippen MR) is 63.1 cm³/mol. The summed E-state index contributed by atoms with van der Waals surface area (Å²) < 4.78 is 4.95. The summed E-state index contributed by atoms with van der Waals surface area (Å²) >= 11 is 5.98. The van der Waals surface area contributed by atoms with Gasteiger partial charge in [0.15, 0.2) is 5.82 Å². The van der Waals surface area contributed by atoms with Gasteiger partial charge in [-0.25, -0.2) is 4.98 Å². The number of nitrogens with one attached hydrogen (secondary N) is 2. The fourth-order valence-corrected chi connectivity index (χ4v) is 1.88.